The summed E-state index contributed by atoms with van der Waals surface area (Å²) < 4.78 is 0. The van der Waals surface area contributed by atoms with E-state index in [4.69, 9.17) is 43.6 Å². The van der Waals surface area contributed by atoms with Crippen molar-refractivity contribution in [3.63, 3.8) is 0 Å². The van der Waals surface area contributed by atoms with E-state index >= 15 is 0 Å². The van der Waals surface area contributed by atoms with Crippen LogP contribution in [0.1, 0.15) is 12.8 Å². The van der Waals surface area contributed by atoms with Crippen molar-refractivity contribution in [3.05, 3.63) is 0 Å². The molecular weight excluding hydrogens is 1290 g/mol. The zero-order valence-electron chi connectivity index (χ0n) is 35.6. The summed E-state index contributed by atoms with van der Waals surface area (Å²) in [5.74, 6) is 1.11. The van der Waals surface area contributed by atoms with Crippen molar-refractivity contribution < 1.29 is 70.9 Å². The van der Waals surface area contributed by atoms with Crippen molar-refractivity contribution in [2.24, 2.45) is 0 Å². The largest absolute Gasteiger partial charge is 0.389 e. The Balaban J connectivity index is -0.000000750. The number of nitrogens with one attached hydrogen (secondary N) is 4. The van der Waals surface area contributed by atoms with Crippen LogP contribution in [-0.2, 0) is 9.59 Å². The normalized spacial score (nSPS) is 19.6. The monoisotopic (exact) mass is 1360 g/mol. The van der Waals surface area contributed by atoms with E-state index in [2.05, 4.69) is 117 Å². The molecule has 4 unspecified atom stereocenters. The maximum absolute atomic E-state index is 11.6. The molecule has 2 aliphatic heterocycles. The molecule has 0 aliphatic carbocycles. The molecule has 16 N–H and O–H groups in total. The van der Waals surface area contributed by atoms with Crippen molar-refractivity contribution in [3.8, 4) is 0 Å². The molecule has 20 nitrogen and oxygen atoms in total. The highest BCUT2D eigenvalue weighted by molar-refractivity contribution is 9.10. The van der Waals surface area contributed by atoms with Crippen LogP contribution < -0.4 is 21.3 Å². The van der Waals surface area contributed by atoms with E-state index < -0.39 is 73.2 Å². The quantitative estimate of drug-likeness (QED) is 0.0319. The molecule has 0 aromatic carbocycles. The van der Waals surface area contributed by atoms with Gasteiger partial charge in [-0.15, -0.1) is 23.2 Å². The van der Waals surface area contributed by atoms with Gasteiger partial charge >= 0.3 is 0 Å². The smallest absolute Gasteiger partial charge is 0.223 e. The molecule has 2 fully saturated rings. The predicted molar refractivity (Wildman–Crippen MR) is 270 cm³/mol. The molecule has 2 amide bonds. The molecule has 2 saturated heterocycles. The summed E-state index contributed by atoms with van der Waals surface area (Å²) in [6, 6.07) is 0. The van der Waals surface area contributed by atoms with Gasteiger partial charge in [0.1, 0.15) is 36.6 Å². The Kier molecular flexibility index (Phi) is 50.2. The minimum atomic E-state index is -1.43. The van der Waals surface area contributed by atoms with Gasteiger partial charge in [0.15, 0.2) is 0 Å². The third-order valence-electron chi connectivity index (χ3n) is 8.86. The standard InChI is InChI=1S/C10H16Br2N2O2.C10H22Cl2N2O4.2C6H12Br2O4.C4H10N2/c11-3-1-9(15)13-5-7-14(8-6-13)10(16)2-4-12;11-1-3-13-5-7(15)9(17)10(18)8(16)6-14-4-2-12;2*7-1-3(9)5(11)6(12)4(10)2-8;1-2-6-4-3-5-1/h1-8H2;7-10,13-18H,1-6H2;2*3-6,9-12H,1-2H2;5-6H,1-4H2/t;7-,8-,9-,10-;3-,4-,5-,6-;;/m.11../s1. The first-order valence-electron chi connectivity index (χ1n) is 20.3. The molecule has 64 heavy (non-hydrogen) atoms. The van der Waals surface area contributed by atoms with Crippen molar-refractivity contribution in [1.82, 2.24) is 31.1 Å². The molecule has 2 rings (SSSR count). The van der Waals surface area contributed by atoms with Crippen molar-refractivity contribution in [2.75, 3.05) is 122 Å². The Bertz CT molecular complexity index is 990. The number of carbonyl (C=O) groups excluding carboxylic acids is 2. The molecule has 2 aliphatic rings. The van der Waals surface area contributed by atoms with E-state index in [1.807, 2.05) is 9.80 Å². The molecule has 0 saturated carbocycles. The summed E-state index contributed by atoms with van der Waals surface area (Å²) in [6.07, 6.45) is -13.8. The lowest BCUT2D eigenvalue weighted by atomic mass is 10.0. The second-order valence-corrected chi connectivity index (χ2v) is 18.8. The average molecular weight is 1360 g/mol. The molecular formula is C36H72Br6Cl2N6O14. The molecule has 0 aromatic heterocycles. The third kappa shape index (κ3) is 34.1. The SMILES string of the molecule is C1CNCCN1.O=C(CCBr)N1CCN(C(=O)CCBr)CC1.OC(CBr)C(O)C(O)C(O)CBr.O[C@@H]([C@H](O)[C@H](O)CBr)[C@H](O)CBr.O[C@@H]([C@H](O)[C@H](O)CNCCCl)[C@H](O)CNCCCl. The lowest BCUT2D eigenvalue weighted by Gasteiger charge is -2.34. The number of amides is 2. The Morgan fingerprint density at radius 2 is 0.688 bits per heavy atom. The minimum Gasteiger partial charge on any atom is -0.389 e. The number of aliphatic hydroxyl groups excluding tert-OH is 12. The topological polar surface area (TPSA) is 331 Å². The molecule has 0 radical (unpaired) electrons. The van der Waals surface area contributed by atoms with E-state index in [0.29, 0.717) is 74.5 Å². The fourth-order valence-corrected chi connectivity index (χ4v) is 7.37. The highest BCUT2D eigenvalue weighted by Gasteiger charge is 2.31. The van der Waals surface area contributed by atoms with E-state index in [0.717, 1.165) is 26.2 Å². The van der Waals surface area contributed by atoms with Crippen LogP contribution in [0.15, 0.2) is 0 Å². The van der Waals surface area contributed by atoms with Gasteiger partial charge in [-0.2, -0.15) is 0 Å². The fourth-order valence-electron chi connectivity index (χ4n) is 4.89. The lowest BCUT2D eigenvalue weighted by molar-refractivity contribution is -0.139. The number of halogens is 8. The van der Waals surface area contributed by atoms with Crippen LogP contribution in [0.4, 0.5) is 0 Å². The maximum atomic E-state index is 11.6. The Morgan fingerprint density at radius 1 is 0.453 bits per heavy atom. The number of piperazine rings is 2. The molecule has 0 spiro atoms. The van der Waals surface area contributed by atoms with Gasteiger partial charge in [0, 0.05) is 135 Å². The zero-order chi connectivity index (χ0) is 49.6. The van der Waals surface area contributed by atoms with Crippen LogP contribution in [0.5, 0.6) is 0 Å². The summed E-state index contributed by atoms with van der Waals surface area (Å²) in [5.41, 5.74) is 0. The van der Waals surface area contributed by atoms with Crippen molar-refractivity contribution >= 4 is 131 Å². The van der Waals surface area contributed by atoms with Crippen molar-refractivity contribution in [1.29, 1.82) is 0 Å². The first-order valence-corrected chi connectivity index (χ1v) is 28.1. The molecule has 0 bridgehead atoms. The van der Waals surface area contributed by atoms with Gasteiger partial charge in [-0.3, -0.25) is 9.59 Å². The van der Waals surface area contributed by atoms with Gasteiger partial charge in [-0.1, -0.05) is 95.6 Å². The number of aliphatic hydroxyl groups is 12. The molecule has 2 heterocycles. The third-order valence-corrected chi connectivity index (χ3v) is 12.7. The van der Waals surface area contributed by atoms with Gasteiger partial charge < -0.3 is 92.3 Å². The van der Waals surface area contributed by atoms with E-state index in [1.54, 1.807) is 0 Å². The van der Waals surface area contributed by atoms with Crippen LogP contribution in [0, 0.1) is 0 Å². The number of carbonyl (C=O) groups is 2. The summed E-state index contributed by atoms with van der Waals surface area (Å²) in [5, 5.41) is 125. The first kappa shape index (κ1) is 70.0. The van der Waals surface area contributed by atoms with Crippen molar-refractivity contribution in [2.45, 2.75) is 86.1 Å². The van der Waals surface area contributed by atoms with E-state index in [-0.39, 0.29) is 46.2 Å². The summed E-state index contributed by atoms with van der Waals surface area (Å²) in [4.78, 5) is 26.8. The molecule has 0 aromatic rings. The molecule has 386 valence electrons. The Hall–Kier alpha value is 1.76. The van der Waals surface area contributed by atoms with Crippen LogP contribution in [0.2, 0.25) is 0 Å². The summed E-state index contributed by atoms with van der Waals surface area (Å²) in [6.45, 7) is 8.38. The van der Waals surface area contributed by atoms with Gasteiger partial charge in [0.2, 0.25) is 11.8 Å². The minimum absolute atomic E-state index is 0.0901. The van der Waals surface area contributed by atoms with Gasteiger partial charge in [-0.25, -0.2) is 0 Å². The van der Waals surface area contributed by atoms with Gasteiger partial charge in [0.25, 0.3) is 0 Å². The fraction of sp³-hybridized carbons (Fsp3) is 0.944. The number of nitrogens with zero attached hydrogens (tertiary/aromatic N) is 2. The summed E-state index contributed by atoms with van der Waals surface area (Å²) >= 11 is 29.1. The van der Waals surface area contributed by atoms with Gasteiger partial charge in [-0.05, 0) is 0 Å². The number of rotatable bonds is 25. The van der Waals surface area contributed by atoms with Crippen LogP contribution >= 0.6 is 119 Å². The Morgan fingerprint density at radius 3 is 0.875 bits per heavy atom. The van der Waals surface area contributed by atoms with E-state index in [1.165, 1.54) is 0 Å². The zero-order valence-corrected chi connectivity index (χ0v) is 46.6. The Labute approximate surface area is 437 Å². The highest BCUT2D eigenvalue weighted by Crippen LogP contribution is 2.11. The van der Waals surface area contributed by atoms with Crippen LogP contribution in [0.25, 0.3) is 0 Å². The van der Waals surface area contributed by atoms with E-state index in [9.17, 15) is 50.4 Å². The number of hydrogen-bond acceptors (Lipinski definition) is 18. The lowest BCUT2D eigenvalue weighted by Crippen LogP contribution is -2.50. The second kappa shape index (κ2) is 45.9. The predicted octanol–water partition coefficient (Wildman–Crippen LogP) is -3.07. The maximum Gasteiger partial charge on any atom is 0.223 e. The number of hydrogen-bond donors (Lipinski definition) is 16. The average Bonchev–Trinajstić information content (AvgIpc) is 3.32. The number of alkyl halides is 8. The first-order chi connectivity index (χ1) is 30.3. The van der Waals surface area contributed by atoms with Crippen LogP contribution in [-0.4, -0.2) is 278 Å². The highest BCUT2D eigenvalue weighted by atomic mass is 79.9. The van der Waals surface area contributed by atoms with Crippen LogP contribution in [0.3, 0.4) is 0 Å². The molecule has 12 atom stereocenters. The summed E-state index contributed by atoms with van der Waals surface area (Å²) in [7, 11) is 0. The molecule has 28 heteroatoms. The second-order valence-electron chi connectivity index (χ2n) is 13.9. The van der Waals surface area contributed by atoms with Gasteiger partial charge in [0.05, 0.1) is 36.6 Å².